The van der Waals surface area contributed by atoms with Gasteiger partial charge in [-0.15, -0.1) is 0 Å². The molecule has 1 aliphatic carbocycles. The first kappa shape index (κ1) is 18.4. The number of nitro groups is 1. The van der Waals surface area contributed by atoms with E-state index in [0.29, 0.717) is 18.4 Å². The number of imide groups is 1. The van der Waals surface area contributed by atoms with Crippen molar-refractivity contribution >= 4 is 23.6 Å². The molecule has 0 saturated heterocycles. The van der Waals surface area contributed by atoms with Crippen LogP contribution in [0.25, 0.3) is 0 Å². The minimum atomic E-state index is -1.37. The molecule has 1 unspecified atom stereocenters. The fourth-order valence-electron chi connectivity index (χ4n) is 2.64. The lowest BCUT2D eigenvalue weighted by atomic mass is 10.0. The normalized spacial score (nSPS) is 14.5. The summed E-state index contributed by atoms with van der Waals surface area (Å²) in [6, 6.07) is 2.80. The first-order valence-corrected chi connectivity index (χ1v) is 7.88. The lowest BCUT2D eigenvalue weighted by molar-refractivity contribution is -0.385. The van der Waals surface area contributed by atoms with Crippen molar-refractivity contribution in [2.45, 2.75) is 45.2 Å². The molecule has 9 nitrogen and oxygen atoms in total. The fourth-order valence-corrected chi connectivity index (χ4v) is 2.64. The van der Waals surface area contributed by atoms with Crippen LogP contribution < -0.4 is 5.32 Å². The highest BCUT2D eigenvalue weighted by atomic mass is 16.6. The summed E-state index contributed by atoms with van der Waals surface area (Å²) < 4.78 is 0. The molecule has 0 spiro atoms. The lowest BCUT2D eigenvalue weighted by Gasteiger charge is -2.25. The van der Waals surface area contributed by atoms with Gasteiger partial charge in [0.1, 0.15) is 11.6 Å². The molecule has 2 N–H and O–H groups in total. The van der Waals surface area contributed by atoms with Crippen molar-refractivity contribution in [3.63, 3.8) is 0 Å². The lowest BCUT2D eigenvalue weighted by Crippen LogP contribution is -2.51. The molecule has 1 fully saturated rings. The molecule has 0 bridgehead atoms. The van der Waals surface area contributed by atoms with E-state index in [9.17, 15) is 24.5 Å². The second kappa shape index (κ2) is 7.29. The molecular formula is C16H19N3O6. The van der Waals surface area contributed by atoms with E-state index in [1.807, 2.05) is 0 Å². The molecule has 134 valence electrons. The van der Waals surface area contributed by atoms with Crippen molar-refractivity contribution in [1.29, 1.82) is 0 Å². The number of carbonyl (C=O) groups is 3. The van der Waals surface area contributed by atoms with Gasteiger partial charge in [-0.05, 0) is 31.7 Å². The average Bonchev–Trinajstić information content (AvgIpc) is 3.36. The van der Waals surface area contributed by atoms with Crippen molar-refractivity contribution < 1.29 is 24.4 Å². The van der Waals surface area contributed by atoms with Crippen LogP contribution in [-0.2, 0) is 4.79 Å². The molecule has 1 aromatic rings. The summed E-state index contributed by atoms with van der Waals surface area (Å²) in [5.41, 5.74) is -0.127. The van der Waals surface area contributed by atoms with Crippen LogP contribution in [0.2, 0.25) is 0 Å². The fraction of sp³-hybridized carbons (Fsp3) is 0.438. The van der Waals surface area contributed by atoms with Crippen LogP contribution in [0.5, 0.6) is 0 Å². The highest BCUT2D eigenvalue weighted by Crippen LogP contribution is 2.32. The van der Waals surface area contributed by atoms with Crippen LogP contribution in [0.4, 0.5) is 10.5 Å². The van der Waals surface area contributed by atoms with Crippen LogP contribution >= 0.6 is 0 Å². The summed E-state index contributed by atoms with van der Waals surface area (Å²) in [5, 5.41) is 22.2. The standard InChI is InChI=1S/C16H19N3O6/c1-3-11(17-16(22)23)14(20)18(10-7-8-10)15(21)13-9(2)5-4-6-12(13)19(24)25/h4-6,10-11,17H,3,7-8H2,1-2H3,(H,22,23). The first-order valence-electron chi connectivity index (χ1n) is 7.88. The van der Waals surface area contributed by atoms with E-state index in [1.54, 1.807) is 19.9 Å². The third kappa shape index (κ3) is 3.93. The van der Waals surface area contributed by atoms with Crippen molar-refractivity contribution in [1.82, 2.24) is 10.2 Å². The minimum absolute atomic E-state index is 0.141. The molecule has 0 aliphatic heterocycles. The smallest absolute Gasteiger partial charge is 0.405 e. The van der Waals surface area contributed by atoms with Crippen molar-refractivity contribution in [2.75, 3.05) is 0 Å². The van der Waals surface area contributed by atoms with E-state index in [4.69, 9.17) is 5.11 Å². The van der Waals surface area contributed by atoms with Crippen LogP contribution in [-0.4, -0.2) is 44.9 Å². The Balaban J connectivity index is 2.42. The number of nitrogens with zero attached hydrogens (tertiary/aromatic N) is 2. The molecule has 2 rings (SSSR count). The van der Waals surface area contributed by atoms with E-state index in [2.05, 4.69) is 5.32 Å². The monoisotopic (exact) mass is 349 g/mol. The molecule has 0 aromatic heterocycles. The molecule has 1 aromatic carbocycles. The molecule has 1 aliphatic rings. The predicted octanol–water partition coefficient (Wildman–Crippen LogP) is 2.08. The Kier molecular flexibility index (Phi) is 5.35. The van der Waals surface area contributed by atoms with E-state index >= 15 is 0 Å². The van der Waals surface area contributed by atoms with E-state index in [0.717, 1.165) is 4.90 Å². The highest BCUT2D eigenvalue weighted by Gasteiger charge is 2.42. The number of hydrogen-bond acceptors (Lipinski definition) is 5. The summed E-state index contributed by atoms with van der Waals surface area (Å²) in [5.74, 6) is -1.45. The van der Waals surface area contributed by atoms with Gasteiger partial charge in [0.15, 0.2) is 0 Å². The van der Waals surface area contributed by atoms with Crippen LogP contribution in [0.1, 0.15) is 42.1 Å². The number of carbonyl (C=O) groups excluding carboxylic acids is 2. The molecular weight excluding hydrogens is 330 g/mol. The van der Waals surface area contributed by atoms with E-state index in [-0.39, 0.29) is 23.7 Å². The van der Waals surface area contributed by atoms with Gasteiger partial charge in [0.2, 0.25) is 0 Å². The molecule has 0 radical (unpaired) electrons. The highest BCUT2D eigenvalue weighted by molar-refractivity contribution is 6.09. The second-order valence-corrected chi connectivity index (χ2v) is 5.88. The Morgan fingerprint density at radius 3 is 2.52 bits per heavy atom. The maximum Gasteiger partial charge on any atom is 0.405 e. The van der Waals surface area contributed by atoms with E-state index < -0.39 is 28.9 Å². The number of nitrogens with one attached hydrogen (secondary N) is 1. The SMILES string of the molecule is CCC(NC(=O)O)C(=O)N(C(=O)c1c(C)cccc1[N+](=O)[O-])C1CC1. The van der Waals surface area contributed by atoms with Gasteiger partial charge in [0.25, 0.3) is 17.5 Å². The number of aryl methyl sites for hydroxylation is 1. The minimum Gasteiger partial charge on any atom is -0.465 e. The second-order valence-electron chi connectivity index (χ2n) is 5.88. The number of carboxylic acid groups (broad SMARTS) is 1. The summed E-state index contributed by atoms with van der Waals surface area (Å²) in [4.78, 5) is 48.1. The summed E-state index contributed by atoms with van der Waals surface area (Å²) in [6.45, 7) is 3.17. The number of benzene rings is 1. The number of nitro benzene ring substituents is 1. The quantitative estimate of drug-likeness (QED) is 0.597. The molecule has 0 heterocycles. The van der Waals surface area contributed by atoms with Gasteiger partial charge < -0.3 is 10.4 Å². The number of rotatable bonds is 6. The maximum absolute atomic E-state index is 12.9. The largest absolute Gasteiger partial charge is 0.465 e. The third-order valence-corrected chi connectivity index (χ3v) is 4.03. The first-order chi connectivity index (χ1) is 11.8. The Morgan fingerprint density at radius 1 is 1.40 bits per heavy atom. The van der Waals surface area contributed by atoms with Crippen LogP contribution in [0.15, 0.2) is 18.2 Å². The van der Waals surface area contributed by atoms with Gasteiger partial charge in [-0.3, -0.25) is 24.6 Å². The van der Waals surface area contributed by atoms with Gasteiger partial charge in [-0.2, -0.15) is 0 Å². The zero-order chi connectivity index (χ0) is 18.7. The number of amides is 3. The average molecular weight is 349 g/mol. The van der Waals surface area contributed by atoms with Crippen molar-refractivity contribution in [3.8, 4) is 0 Å². The summed E-state index contributed by atoms with van der Waals surface area (Å²) >= 11 is 0. The molecule has 25 heavy (non-hydrogen) atoms. The van der Waals surface area contributed by atoms with Gasteiger partial charge in [0, 0.05) is 12.1 Å². The Bertz CT molecular complexity index is 729. The predicted molar refractivity (Wildman–Crippen MR) is 87.3 cm³/mol. The van der Waals surface area contributed by atoms with Gasteiger partial charge in [0.05, 0.1) is 4.92 Å². The van der Waals surface area contributed by atoms with Crippen LogP contribution in [0.3, 0.4) is 0 Å². The summed E-state index contributed by atoms with van der Waals surface area (Å²) in [7, 11) is 0. The third-order valence-electron chi connectivity index (χ3n) is 4.03. The molecule has 1 saturated carbocycles. The van der Waals surface area contributed by atoms with Gasteiger partial charge in [-0.1, -0.05) is 19.1 Å². The van der Waals surface area contributed by atoms with E-state index in [1.165, 1.54) is 12.1 Å². The van der Waals surface area contributed by atoms with Crippen molar-refractivity contribution in [2.24, 2.45) is 0 Å². The number of hydrogen-bond donors (Lipinski definition) is 2. The zero-order valence-electron chi connectivity index (χ0n) is 13.9. The topological polar surface area (TPSA) is 130 Å². The molecule has 9 heteroatoms. The zero-order valence-corrected chi connectivity index (χ0v) is 13.9. The Morgan fingerprint density at radius 2 is 2.04 bits per heavy atom. The Labute approximate surface area is 143 Å². The molecule has 1 atom stereocenters. The van der Waals surface area contributed by atoms with Crippen LogP contribution in [0, 0.1) is 17.0 Å². The summed E-state index contributed by atoms with van der Waals surface area (Å²) in [6.07, 6.45) is -0.0102. The maximum atomic E-state index is 12.9. The Hall–Kier alpha value is -2.97. The van der Waals surface area contributed by atoms with Crippen molar-refractivity contribution in [3.05, 3.63) is 39.4 Å². The molecule has 3 amide bonds. The van der Waals surface area contributed by atoms with Gasteiger partial charge in [-0.25, -0.2) is 4.79 Å². The van der Waals surface area contributed by atoms with Gasteiger partial charge >= 0.3 is 6.09 Å².